The Hall–Kier alpha value is -3.40. The van der Waals surface area contributed by atoms with Crippen molar-refractivity contribution < 1.29 is 9.26 Å². The van der Waals surface area contributed by atoms with Gasteiger partial charge in [-0.15, -0.1) is 0 Å². The Labute approximate surface area is 137 Å². The normalized spacial score (nSPS) is 10.4. The average molecular weight is 322 g/mol. The molecule has 0 unspecified atom stereocenters. The van der Waals surface area contributed by atoms with Crippen molar-refractivity contribution in [3.63, 3.8) is 0 Å². The predicted octanol–water partition coefficient (Wildman–Crippen LogP) is 2.14. The van der Waals surface area contributed by atoms with Crippen LogP contribution in [0, 0.1) is 18.3 Å². The van der Waals surface area contributed by atoms with Crippen LogP contribution in [0.4, 0.5) is 0 Å². The maximum absolute atomic E-state index is 12.2. The molecule has 7 heteroatoms. The molecule has 0 radical (unpaired) electrons. The van der Waals surface area contributed by atoms with E-state index in [4.69, 9.17) is 14.5 Å². The van der Waals surface area contributed by atoms with E-state index in [1.54, 1.807) is 38.4 Å². The average Bonchev–Trinajstić information content (AvgIpc) is 3.07. The van der Waals surface area contributed by atoms with Gasteiger partial charge in [-0.1, -0.05) is 5.16 Å². The van der Waals surface area contributed by atoms with Crippen molar-refractivity contribution in [2.75, 3.05) is 7.11 Å². The Morgan fingerprint density at radius 3 is 2.71 bits per heavy atom. The van der Waals surface area contributed by atoms with Gasteiger partial charge in [0, 0.05) is 11.8 Å². The lowest BCUT2D eigenvalue weighted by Crippen LogP contribution is -2.23. The highest BCUT2D eigenvalue weighted by Crippen LogP contribution is 2.19. The topological polar surface area (TPSA) is 93.9 Å². The van der Waals surface area contributed by atoms with Gasteiger partial charge in [0.05, 0.1) is 7.11 Å². The minimum absolute atomic E-state index is 0.108. The van der Waals surface area contributed by atoms with Crippen molar-refractivity contribution in [2.24, 2.45) is 0 Å². The van der Waals surface area contributed by atoms with E-state index in [0.29, 0.717) is 11.4 Å². The zero-order valence-electron chi connectivity index (χ0n) is 13.2. The van der Waals surface area contributed by atoms with Crippen LogP contribution in [0.5, 0.6) is 5.75 Å². The lowest BCUT2D eigenvalue weighted by atomic mass is 10.2. The number of nitrogens with zero attached hydrogens (tertiary/aromatic N) is 4. The van der Waals surface area contributed by atoms with Crippen LogP contribution in [0.1, 0.15) is 17.0 Å². The number of methoxy groups -OCH3 is 1. The summed E-state index contributed by atoms with van der Waals surface area (Å²) in [6.07, 6.45) is 1.61. The van der Waals surface area contributed by atoms with E-state index in [1.807, 2.05) is 18.2 Å². The zero-order chi connectivity index (χ0) is 17.1. The maximum Gasteiger partial charge on any atom is 0.269 e. The molecule has 1 aromatic carbocycles. The molecule has 0 aliphatic heterocycles. The van der Waals surface area contributed by atoms with Crippen LogP contribution in [-0.4, -0.2) is 21.8 Å². The Bertz CT molecular complexity index is 965. The van der Waals surface area contributed by atoms with Crippen molar-refractivity contribution in [3.8, 4) is 23.2 Å². The van der Waals surface area contributed by atoms with E-state index in [1.165, 1.54) is 4.57 Å². The molecule has 0 N–H and O–H groups in total. The summed E-state index contributed by atoms with van der Waals surface area (Å²) in [6, 6.07) is 10.9. The number of ether oxygens (including phenoxy) is 1. The summed E-state index contributed by atoms with van der Waals surface area (Å²) in [5.41, 5.74) is 1.16. The molecule has 2 heterocycles. The number of aryl methyl sites for hydroxylation is 1. The summed E-state index contributed by atoms with van der Waals surface area (Å²) in [7, 11) is 1.59. The summed E-state index contributed by atoms with van der Waals surface area (Å²) in [6.45, 7) is 1.83. The molecule has 0 saturated carbocycles. The highest BCUT2D eigenvalue weighted by molar-refractivity contribution is 5.55. The third-order valence-electron chi connectivity index (χ3n) is 3.61. The Morgan fingerprint density at radius 2 is 2.04 bits per heavy atom. The molecular formula is C17H14N4O3. The summed E-state index contributed by atoms with van der Waals surface area (Å²) >= 11 is 0. The van der Waals surface area contributed by atoms with Crippen LogP contribution >= 0.6 is 0 Å². The van der Waals surface area contributed by atoms with Crippen LogP contribution in [0.2, 0.25) is 0 Å². The van der Waals surface area contributed by atoms with E-state index in [-0.39, 0.29) is 23.6 Å². The van der Waals surface area contributed by atoms with Gasteiger partial charge in [0.2, 0.25) is 11.7 Å². The Balaban J connectivity index is 1.87. The molecular weight excluding hydrogens is 308 g/mol. The fraction of sp³-hybridized carbons (Fsp3) is 0.176. The van der Waals surface area contributed by atoms with Gasteiger partial charge in [0.25, 0.3) is 5.56 Å². The first kappa shape index (κ1) is 15.5. The fourth-order valence-electron chi connectivity index (χ4n) is 2.25. The first-order chi connectivity index (χ1) is 11.6. The van der Waals surface area contributed by atoms with Crippen molar-refractivity contribution >= 4 is 0 Å². The number of nitriles is 1. The molecule has 0 spiro atoms. The molecule has 0 aliphatic rings. The second kappa shape index (κ2) is 6.38. The summed E-state index contributed by atoms with van der Waals surface area (Å²) in [5, 5.41) is 13.0. The van der Waals surface area contributed by atoms with Gasteiger partial charge in [0.1, 0.15) is 23.9 Å². The van der Waals surface area contributed by atoms with E-state index >= 15 is 0 Å². The van der Waals surface area contributed by atoms with Gasteiger partial charge < -0.3 is 13.8 Å². The van der Waals surface area contributed by atoms with Crippen molar-refractivity contribution in [2.45, 2.75) is 13.5 Å². The second-order valence-electron chi connectivity index (χ2n) is 5.16. The lowest BCUT2D eigenvalue weighted by Gasteiger charge is -2.03. The molecule has 3 aromatic rings. The maximum atomic E-state index is 12.2. The first-order valence-electron chi connectivity index (χ1n) is 7.19. The van der Waals surface area contributed by atoms with E-state index in [9.17, 15) is 4.79 Å². The van der Waals surface area contributed by atoms with E-state index in [2.05, 4.69) is 10.1 Å². The van der Waals surface area contributed by atoms with Crippen LogP contribution in [0.15, 0.2) is 45.8 Å². The molecule has 24 heavy (non-hydrogen) atoms. The Kier molecular flexibility index (Phi) is 4.12. The lowest BCUT2D eigenvalue weighted by molar-refractivity contribution is 0.370. The molecule has 0 fully saturated rings. The number of hydrogen-bond acceptors (Lipinski definition) is 6. The van der Waals surface area contributed by atoms with Gasteiger partial charge in [-0.2, -0.15) is 10.2 Å². The molecule has 0 bridgehead atoms. The monoisotopic (exact) mass is 322 g/mol. The molecule has 0 amide bonds. The highest BCUT2D eigenvalue weighted by Gasteiger charge is 2.12. The Morgan fingerprint density at radius 1 is 1.29 bits per heavy atom. The van der Waals surface area contributed by atoms with E-state index in [0.717, 1.165) is 11.3 Å². The minimum Gasteiger partial charge on any atom is -0.497 e. The summed E-state index contributed by atoms with van der Waals surface area (Å²) in [4.78, 5) is 16.5. The van der Waals surface area contributed by atoms with Crippen molar-refractivity contribution in [1.29, 1.82) is 5.26 Å². The molecule has 2 aromatic heterocycles. The number of rotatable bonds is 4. The van der Waals surface area contributed by atoms with Crippen LogP contribution in [-0.2, 0) is 6.54 Å². The molecule has 3 rings (SSSR count). The molecule has 0 aliphatic carbocycles. The van der Waals surface area contributed by atoms with Gasteiger partial charge in [-0.25, -0.2) is 0 Å². The largest absolute Gasteiger partial charge is 0.497 e. The SMILES string of the molecule is COc1ccc(-c2noc(Cn3ccc(C)c(C#N)c3=O)n2)cc1. The fourth-order valence-corrected chi connectivity index (χ4v) is 2.25. The number of aromatic nitrogens is 3. The summed E-state index contributed by atoms with van der Waals surface area (Å²) < 4.78 is 11.7. The predicted molar refractivity (Wildman–Crippen MR) is 85.5 cm³/mol. The van der Waals surface area contributed by atoms with Crippen molar-refractivity contribution in [1.82, 2.24) is 14.7 Å². The first-order valence-corrected chi connectivity index (χ1v) is 7.19. The highest BCUT2D eigenvalue weighted by atomic mass is 16.5. The molecule has 0 saturated heterocycles. The molecule has 120 valence electrons. The van der Waals surface area contributed by atoms with Crippen LogP contribution in [0.3, 0.4) is 0 Å². The van der Waals surface area contributed by atoms with Gasteiger partial charge in [-0.3, -0.25) is 4.79 Å². The van der Waals surface area contributed by atoms with Crippen LogP contribution in [0.25, 0.3) is 11.4 Å². The van der Waals surface area contributed by atoms with Crippen LogP contribution < -0.4 is 10.3 Å². The third kappa shape index (κ3) is 2.90. The number of pyridine rings is 1. The molecule has 0 atom stereocenters. The summed E-state index contributed by atoms with van der Waals surface area (Å²) in [5.74, 6) is 1.45. The standard InChI is InChI=1S/C17H14N4O3/c1-11-7-8-21(17(22)14(11)9-18)10-15-19-16(20-24-15)12-3-5-13(23-2)6-4-12/h3-8H,10H2,1-2H3. The van der Waals surface area contributed by atoms with Gasteiger partial charge >= 0.3 is 0 Å². The van der Waals surface area contributed by atoms with E-state index < -0.39 is 0 Å². The minimum atomic E-state index is -0.373. The van der Waals surface area contributed by atoms with Crippen molar-refractivity contribution in [3.05, 3.63) is 63.9 Å². The van der Waals surface area contributed by atoms with Gasteiger partial charge in [-0.05, 0) is 42.8 Å². The smallest absolute Gasteiger partial charge is 0.269 e. The number of hydrogen-bond donors (Lipinski definition) is 0. The third-order valence-corrected chi connectivity index (χ3v) is 3.61. The quantitative estimate of drug-likeness (QED) is 0.730. The number of benzene rings is 1. The zero-order valence-corrected chi connectivity index (χ0v) is 13.2. The van der Waals surface area contributed by atoms with Gasteiger partial charge in [0.15, 0.2) is 0 Å². The second-order valence-corrected chi connectivity index (χ2v) is 5.16. The molecule has 7 nitrogen and oxygen atoms in total.